The van der Waals surface area contributed by atoms with E-state index in [0.717, 1.165) is 6.42 Å². The van der Waals surface area contributed by atoms with E-state index in [-0.39, 0.29) is 11.8 Å². The van der Waals surface area contributed by atoms with E-state index in [4.69, 9.17) is 4.42 Å². The fourth-order valence-corrected chi connectivity index (χ4v) is 2.61. The molecule has 0 aliphatic carbocycles. The molecule has 0 atom stereocenters. The van der Waals surface area contributed by atoms with Crippen molar-refractivity contribution in [2.24, 2.45) is 7.05 Å². The van der Waals surface area contributed by atoms with Gasteiger partial charge >= 0.3 is 0 Å². The highest BCUT2D eigenvalue weighted by atomic mass is 16.3. The fourth-order valence-electron chi connectivity index (χ4n) is 2.61. The molecule has 22 heavy (non-hydrogen) atoms. The van der Waals surface area contributed by atoms with Crippen LogP contribution in [0.25, 0.3) is 0 Å². The number of imidazole rings is 1. The van der Waals surface area contributed by atoms with E-state index < -0.39 is 0 Å². The minimum atomic E-state index is -0.0925. The zero-order chi connectivity index (χ0) is 15.5. The van der Waals surface area contributed by atoms with E-state index in [1.807, 2.05) is 0 Å². The Labute approximate surface area is 128 Å². The monoisotopic (exact) mass is 302 g/mol. The molecule has 3 heterocycles. The second-order valence-corrected chi connectivity index (χ2v) is 5.31. The third-order valence-corrected chi connectivity index (χ3v) is 3.85. The summed E-state index contributed by atoms with van der Waals surface area (Å²) in [6.45, 7) is 2.28. The molecule has 3 rings (SSSR count). The first-order valence-corrected chi connectivity index (χ1v) is 7.25. The van der Waals surface area contributed by atoms with Gasteiger partial charge in [0.2, 0.25) is 0 Å². The van der Waals surface area contributed by atoms with Gasteiger partial charge < -0.3 is 18.8 Å². The summed E-state index contributed by atoms with van der Waals surface area (Å²) >= 11 is 0. The first kappa shape index (κ1) is 14.4. The number of amides is 2. The van der Waals surface area contributed by atoms with Crippen molar-refractivity contribution in [3.05, 3.63) is 42.4 Å². The molecule has 7 nitrogen and oxygen atoms in total. The number of furan rings is 1. The lowest BCUT2D eigenvalue weighted by Gasteiger charge is -2.21. The van der Waals surface area contributed by atoms with Crippen LogP contribution in [0.15, 0.2) is 35.4 Å². The Balaban J connectivity index is 1.66. The van der Waals surface area contributed by atoms with Crippen molar-refractivity contribution in [3.8, 4) is 0 Å². The molecule has 0 aromatic carbocycles. The second-order valence-electron chi connectivity index (χ2n) is 5.31. The third-order valence-electron chi connectivity index (χ3n) is 3.85. The van der Waals surface area contributed by atoms with Crippen LogP contribution in [0.1, 0.15) is 27.4 Å². The lowest BCUT2D eigenvalue weighted by molar-refractivity contribution is 0.0709. The molecule has 0 spiro atoms. The number of aromatic nitrogens is 2. The van der Waals surface area contributed by atoms with Crippen LogP contribution in [-0.4, -0.2) is 57.3 Å². The number of carbonyl (C=O) groups is 2. The highest BCUT2D eigenvalue weighted by molar-refractivity contribution is 5.94. The van der Waals surface area contributed by atoms with Crippen LogP contribution in [-0.2, 0) is 7.05 Å². The topological polar surface area (TPSA) is 71.6 Å². The van der Waals surface area contributed by atoms with Crippen molar-refractivity contribution in [3.63, 3.8) is 0 Å². The fraction of sp³-hybridized carbons (Fsp3) is 0.400. The van der Waals surface area contributed by atoms with Gasteiger partial charge in [0.25, 0.3) is 11.8 Å². The van der Waals surface area contributed by atoms with E-state index in [9.17, 15) is 9.59 Å². The lowest BCUT2D eigenvalue weighted by atomic mass is 10.3. The predicted molar refractivity (Wildman–Crippen MR) is 78.3 cm³/mol. The van der Waals surface area contributed by atoms with Crippen LogP contribution in [0.3, 0.4) is 0 Å². The number of nitrogens with zero attached hydrogens (tertiary/aromatic N) is 4. The summed E-state index contributed by atoms with van der Waals surface area (Å²) in [4.78, 5) is 32.4. The van der Waals surface area contributed by atoms with Crippen LogP contribution in [0.5, 0.6) is 0 Å². The summed E-state index contributed by atoms with van der Waals surface area (Å²) in [6.07, 6.45) is 7.05. The van der Waals surface area contributed by atoms with Crippen molar-refractivity contribution < 1.29 is 14.0 Å². The smallest absolute Gasteiger partial charge is 0.289 e. The van der Waals surface area contributed by atoms with Crippen molar-refractivity contribution in [2.45, 2.75) is 6.42 Å². The summed E-state index contributed by atoms with van der Waals surface area (Å²) in [7, 11) is 1.80. The van der Waals surface area contributed by atoms with Crippen LogP contribution < -0.4 is 0 Å². The van der Waals surface area contributed by atoms with Gasteiger partial charge in [0.15, 0.2) is 5.82 Å². The van der Waals surface area contributed by atoms with Gasteiger partial charge in [-0.25, -0.2) is 4.98 Å². The van der Waals surface area contributed by atoms with Crippen molar-refractivity contribution in [1.29, 1.82) is 0 Å². The van der Waals surface area contributed by atoms with Gasteiger partial charge in [-0.2, -0.15) is 0 Å². The van der Waals surface area contributed by atoms with E-state index in [1.165, 1.54) is 12.5 Å². The Hall–Kier alpha value is -2.57. The summed E-state index contributed by atoms with van der Waals surface area (Å²) < 4.78 is 6.67. The van der Waals surface area contributed by atoms with Crippen molar-refractivity contribution in [1.82, 2.24) is 19.4 Å². The predicted octanol–water partition coefficient (Wildman–Crippen LogP) is 1.00. The van der Waals surface area contributed by atoms with Gasteiger partial charge in [0.05, 0.1) is 11.8 Å². The molecule has 0 unspecified atom stereocenters. The molecule has 1 saturated heterocycles. The minimum absolute atomic E-state index is 0.0555. The molecule has 2 amide bonds. The zero-order valence-corrected chi connectivity index (χ0v) is 12.4. The molecule has 1 fully saturated rings. The number of rotatable bonds is 2. The summed E-state index contributed by atoms with van der Waals surface area (Å²) in [6, 6.07) is 1.66. The van der Waals surface area contributed by atoms with Crippen molar-refractivity contribution in [2.75, 3.05) is 26.2 Å². The molecule has 2 aromatic heterocycles. The Bertz CT molecular complexity index is 662. The Morgan fingerprint density at radius 2 is 1.86 bits per heavy atom. The molecule has 1 aliphatic rings. The molecular weight excluding hydrogens is 284 g/mol. The van der Waals surface area contributed by atoms with Crippen LogP contribution in [0.2, 0.25) is 0 Å². The van der Waals surface area contributed by atoms with Gasteiger partial charge in [0, 0.05) is 45.6 Å². The zero-order valence-electron chi connectivity index (χ0n) is 12.4. The van der Waals surface area contributed by atoms with Crippen LogP contribution >= 0.6 is 0 Å². The first-order valence-electron chi connectivity index (χ1n) is 7.25. The molecule has 0 saturated carbocycles. The average Bonchev–Trinajstić information content (AvgIpc) is 3.12. The van der Waals surface area contributed by atoms with Gasteiger partial charge in [0.1, 0.15) is 6.26 Å². The summed E-state index contributed by atoms with van der Waals surface area (Å²) in [5.74, 6) is 0.278. The van der Waals surface area contributed by atoms with E-state index >= 15 is 0 Å². The van der Waals surface area contributed by atoms with E-state index in [2.05, 4.69) is 4.98 Å². The van der Waals surface area contributed by atoms with Crippen molar-refractivity contribution >= 4 is 11.8 Å². The van der Waals surface area contributed by atoms with Gasteiger partial charge in [-0.1, -0.05) is 0 Å². The molecular formula is C15H18N4O3. The Morgan fingerprint density at radius 3 is 2.45 bits per heavy atom. The molecule has 0 N–H and O–H groups in total. The highest BCUT2D eigenvalue weighted by Crippen LogP contribution is 2.11. The Kier molecular flexibility index (Phi) is 3.95. The van der Waals surface area contributed by atoms with Gasteiger partial charge in [-0.3, -0.25) is 9.59 Å². The summed E-state index contributed by atoms with van der Waals surface area (Å²) in [5, 5.41) is 0. The number of hydrogen-bond donors (Lipinski definition) is 0. The number of aryl methyl sites for hydroxylation is 1. The largest absolute Gasteiger partial charge is 0.472 e. The van der Waals surface area contributed by atoms with E-state index in [1.54, 1.807) is 39.9 Å². The number of carbonyl (C=O) groups excluding carboxylic acids is 2. The maximum atomic E-state index is 12.5. The minimum Gasteiger partial charge on any atom is -0.472 e. The van der Waals surface area contributed by atoms with Gasteiger partial charge in [-0.05, 0) is 12.5 Å². The molecule has 0 bridgehead atoms. The third kappa shape index (κ3) is 2.74. The maximum Gasteiger partial charge on any atom is 0.289 e. The van der Waals surface area contributed by atoms with Gasteiger partial charge in [-0.15, -0.1) is 0 Å². The normalized spacial score (nSPS) is 15.7. The Morgan fingerprint density at radius 1 is 1.14 bits per heavy atom. The summed E-state index contributed by atoms with van der Waals surface area (Å²) in [5.41, 5.74) is 0.545. The number of hydrogen-bond acceptors (Lipinski definition) is 4. The van der Waals surface area contributed by atoms with Crippen LogP contribution in [0, 0.1) is 0 Å². The molecule has 7 heteroatoms. The van der Waals surface area contributed by atoms with E-state index in [0.29, 0.717) is 37.6 Å². The lowest BCUT2D eigenvalue weighted by Crippen LogP contribution is -2.38. The second kappa shape index (κ2) is 6.05. The molecule has 0 radical (unpaired) electrons. The standard InChI is InChI=1S/C15H18N4O3/c1-17-7-4-16-13(17)15(21)19-6-2-5-18(8-9-19)14(20)12-3-10-22-11-12/h3-4,7,10-11H,2,5-6,8-9H2,1H3. The highest BCUT2D eigenvalue weighted by Gasteiger charge is 2.25. The first-order chi connectivity index (χ1) is 10.7. The molecule has 2 aromatic rings. The quantitative estimate of drug-likeness (QED) is 0.830. The average molecular weight is 302 g/mol. The SMILES string of the molecule is Cn1ccnc1C(=O)N1CCCN(C(=O)c2ccoc2)CC1. The maximum absolute atomic E-state index is 12.5. The molecule has 116 valence electrons. The molecule has 1 aliphatic heterocycles. The van der Waals surface area contributed by atoms with Crippen LogP contribution in [0.4, 0.5) is 0 Å².